The van der Waals surface area contributed by atoms with Crippen LogP contribution in [0.25, 0.3) is 0 Å². The lowest BCUT2D eigenvalue weighted by atomic mass is 9.71. The lowest BCUT2D eigenvalue weighted by molar-refractivity contribution is -0.385. The van der Waals surface area contributed by atoms with Gasteiger partial charge in [0.15, 0.2) is 0 Å². The molecule has 0 saturated heterocycles. The van der Waals surface area contributed by atoms with Crippen molar-refractivity contribution in [1.29, 1.82) is 0 Å². The van der Waals surface area contributed by atoms with Gasteiger partial charge in [-0.3, -0.25) is 10.1 Å². The zero-order valence-corrected chi connectivity index (χ0v) is 13.7. The van der Waals surface area contributed by atoms with Crippen LogP contribution < -0.4 is 10.4 Å². The second kappa shape index (κ2) is 6.02. The van der Waals surface area contributed by atoms with Crippen molar-refractivity contribution in [3.8, 4) is 0 Å². The fourth-order valence-electron chi connectivity index (χ4n) is 4.67. The van der Waals surface area contributed by atoms with Gasteiger partial charge in [-0.25, -0.2) is 0 Å². The molecule has 0 unspecified atom stereocenters. The van der Waals surface area contributed by atoms with Crippen molar-refractivity contribution in [3.05, 3.63) is 57.7 Å². The van der Waals surface area contributed by atoms with Crippen LogP contribution in [-0.2, 0) is 0 Å². The van der Waals surface area contributed by atoms with Crippen LogP contribution in [0.15, 0.2) is 36.4 Å². The zero-order valence-electron chi connectivity index (χ0n) is 13.7. The quantitative estimate of drug-likeness (QED) is 0.519. The molecule has 0 aromatic heterocycles. The number of carbonyl (C=O) groups excluding carboxylic acids is 1. The van der Waals surface area contributed by atoms with Gasteiger partial charge in [0.2, 0.25) is 0 Å². The summed E-state index contributed by atoms with van der Waals surface area (Å²) in [5.41, 5.74) is 0.862. The van der Waals surface area contributed by atoms with E-state index in [-0.39, 0.29) is 29.1 Å². The Morgan fingerprint density at radius 2 is 2.04 bits per heavy atom. The van der Waals surface area contributed by atoms with Crippen molar-refractivity contribution in [1.82, 2.24) is 0 Å². The van der Waals surface area contributed by atoms with Crippen LogP contribution in [0, 0.1) is 22.0 Å². The average Bonchev–Trinajstić information content (AvgIpc) is 3.10. The molecule has 0 bridgehead atoms. The van der Waals surface area contributed by atoms with Crippen LogP contribution in [0.2, 0.25) is 0 Å². The van der Waals surface area contributed by atoms with Gasteiger partial charge in [0, 0.05) is 23.6 Å². The number of nitro groups is 1. The van der Waals surface area contributed by atoms with Crippen molar-refractivity contribution < 1.29 is 14.8 Å². The summed E-state index contributed by atoms with van der Waals surface area (Å²) in [4.78, 5) is 22.7. The van der Waals surface area contributed by atoms with Crippen molar-refractivity contribution in [3.63, 3.8) is 0 Å². The smallest absolute Gasteiger partial charge is 0.275 e. The lowest BCUT2D eigenvalue weighted by Gasteiger charge is -2.42. The van der Waals surface area contributed by atoms with E-state index in [1.54, 1.807) is 0 Å². The summed E-state index contributed by atoms with van der Waals surface area (Å²) in [5, 5.41) is 26.5. The van der Waals surface area contributed by atoms with E-state index >= 15 is 0 Å². The van der Waals surface area contributed by atoms with E-state index < -0.39 is 10.9 Å². The molecule has 1 aromatic carbocycles. The van der Waals surface area contributed by atoms with Crippen molar-refractivity contribution in [2.24, 2.45) is 11.8 Å². The number of hydrogen-bond donors (Lipinski definition) is 1. The normalized spacial score (nSPS) is 29.6. The molecule has 25 heavy (non-hydrogen) atoms. The molecule has 2 aliphatic carbocycles. The highest BCUT2D eigenvalue weighted by Gasteiger charge is 2.44. The number of nitrogens with one attached hydrogen (secondary N) is 1. The second-order valence-corrected chi connectivity index (χ2v) is 7.03. The Balaban J connectivity index is 1.85. The largest absolute Gasteiger partial charge is 0.545 e. The minimum Gasteiger partial charge on any atom is -0.545 e. The molecular formula is C19H19N2O4-. The van der Waals surface area contributed by atoms with E-state index in [0.717, 1.165) is 25.7 Å². The lowest BCUT2D eigenvalue weighted by Crippen LogP contribution is -2.43. The summed E-state index contributed by atoms with van der Waals surface area (Å²) in [6, 6.07) is 2.69. The topological polar surface area (TPSA) is 95.3 Å². The first-order chi connectivity index (χ1) is 12.1. The van der Waals surface area contributed by atoms with E-state index in [2.05, 4.69) is 23.5 Å². The van der Waals surface area contributed by atoms with Crippen molar-refractivity contribution in [2.75, 3.05) is 5.32 Å². The molecule has 6 nitrogen and oxygen atoms in total. The first-order valence-corrected chi connectivity index (χ1v) is 8.68. The maximum atomic E-state index is 11.6. The number of aromatic carboxylic acids is 1. The van der Waals surface area contributed by atoms with Crippen LogP contribution in [-0.4, -0.2) is 16.9 Å². The highest BCUT2D eigenvalue weighted by molar-refractivity contribution is 5.95. The number of nitrogens with zero attached hydrogens (tertiary/aromatic N) is 1. The highest BCUT2D eigenvalue weighted by atomic mass is 16.6. The molecule has 0 radical (unpaired) electrons. The van der Waals surface area contributed by atoms with Gasteiger partial charge in [-0.15, -0.1) is 0 Å². The number of carboxylic acid groups (broad SMARTS) is 1. The summed E-state index contributed by atoms with van der Waals surface area (Å²) >= 11 is 0. The molecule has 4 atom stereocenters. The first-order valence-electron chi connectivity index (χ1n) is 8.68. The van der Waals surface area contributed by atoms with Crippen LogP contribution in [0.5, 0.6) is 0 Å². The van der Waals surface area contributed by atoms with Gasteiger partial charge in [-0.1, -0.05) is 24.3 Å². The summed E-state index contributed by atoms with van der Waals surface area (Å²) < 4.78 is 0. The Hall–Kier alpha value is -2.63. The number of allylic oxidation sites excluding steroid dienone is 4. The van der Waals surface area contributed by atoms with E-state index in [1.807, 2.05) is 6.08 Å². The van der Waals surface area contributed by atoms with Gasteiger partial charge in [0.25, 0.3) is 5.69 Å². The van der Waals surface area contributed by atoms with E-state index in [9.17, 15) is 20.0 Å². The number of carbonyl (C=O) groups is 1. The maximum absolute atomic E-state index is 11.6. The zero-order chi connectivity index (χ0) is 17.6. The molecule has 1 aromatic rings. The summed E-state index contributed by atoms with van der Waals surface area (Å²) in [5.74, 6) is -0.799. The molecule has 1 heterocycles. The van der Waals surface area contributed by atoms with Gasteiger partial charge in [0.05, 0.1) is 22.1 Å². The molecule has 130 valence electrons. The third kappa shape index (κ3) is 2.52. The number of rotatable bonds is 3. The molecule has 0 amide bonds. The highest BCUT2D eigenvalue weighted by Crippen LogP contribution is 2.51. The monoisotopic (exact) mass is 339 g/mol. The Morgan fingerprint density at radius 1 is 1.20 bits per heavy atom. The van der Waals surface area contributed by atoms with Crippen LogP contribution in [0.3, 0.4) is 0 Å². The summed E-state index contributed by atoms with van der Waals surface area (Å²) in [6.07, 6.45) is 12.3. The molecule has 0 fully saturated rings. The minimum absolute atomic E-state index is 0.00991. The SMILES string of the molecule is O=C([O-])c1ccc([N+](=O)[O-])c2c1N[C@H]([C@H]1CC=CCC1)[C@@H]1CC=C[C@H]21. The summed E-state index contributed by atoms with van der Waals surface area (Å²) in [7, 11) is 0. The predicted molar refractivity (Wildman–Crippen MR) is 91.3 cm³/mol. The summed E-state index contributed by atoms with van der Waals surface area (Å²) in [6.45, 7) is 0. The molecular weight excluding hydrogens is 320 g/mol. The average molecular weight is 339 g/mol. The molecule has 0 spiro atoms. The molecule has 3 aliphatic rings. The van der Waals surface area contributed by atoms with E-state index in [1.165, 1.54) is 12.1 Å². The van der Waals surface area contributed by atoms with Gasteiger partial charge < -0.3 is 15.2 Å². The van der Waals surface area contributed by atoms with Crippen LogP contribution in [0.4, 0.5) is 11.4 Å². The third-order valence-corrected chi connectivity index (χ3v) is 5.78. The number of anilines is 1. The van der Waals surface area contributed by atoms with Crippen LogP contribution >= 0.6 is 0 Å². The van der Waals surface area contributed by atoms with Gasteiger partial charge in [-0.2, -0.15) is 0 Å². The second-order valence-electron chi connectivity index (χ2n) is 7.03. The fraction of sp³-hybridized carbons (Fsp3) is 0.421. The molecule has 4 rings (SSSR count). The van der Waals surface area contributed by atoms with Gasteiger partial charge >= 0.3 is 0 Å². The van der Waals surface area contributed by atoms with E-state index in [0.29, 0.717) is 17.2 Å². The Labute approximate surface area is 145 Å². The Morgan fingerprint density at radius 3 is 2.72 bits per heavy atom. The molecule has 6 heteroatoms. The number of carboxylic acids is 1. The van der Waals surface area contributed by atoms with E-state index in [4.69, 9.17) is 0 Å². The first kappa shape index (κ1) is 15.9. The fourth-order valence-corrected chi connectivity index (χ4v) is 4.67. The van der Waals surface area contributed by atoms with Crippen molar-refractivity contribution in [2.45, 2.75) is 37.6 Å². The van der Waals surface area contributed by atoms with Gasteiger partial charge in [0.1, 0.15) is 0 Å². The minimum atomic E-state index is -1.30. The van der Waals surface area contributed by atoms with Gasteiger partial charge in [-0.05, 0) is 43.6 Å². The molecule has 1 aliphatic heterocycles. The number of benzene rings is 1. The maximum Gasteiger partial charge on any atom is 0.275 e. The Bertz CT molecular complexity index is 799. The molecule has 1 N–H and O–H groups in total. The number of fused-ring (bicyclic) bond motifs is 3. The van der Waals surface area contributed by atoms with Crippen molar-refractivity contribution >= 4 is 17.3 Å². The predicted octanol–water partition coefficient (Wildman–Crippen LogP) is 2.77. The number of hydrogen-bond acceptors (Lipinski definition) is 5. The number of nitro benzene ring substituents is 1. The molecule has 0 saturated carbocycles. The Kier molecular flexibility index (Phi) is 3.82. The third-order valence-electron chi connectivity index (χ3n) is 5.78. The standard InChI is InChI=1S/C19H20N2O4/c22-19(23)14-9-10-15(21(24)25)16-12-7-4-8-13(12)17(20-18(14)16)11-5-2-1-3-6-11/h1-2,4,7,9-13,17,20H,3,5-6,8H2,(H,22,23)/p-1/t11-,12-,13+,17+/m0/s1. The van der Waals surface area contributed by atoms with Crippen LogP contribution in [0.1, 0.15) is 47.5 Å².